The first kappa shape index (κ1) is 20.1. The number of hydrogen-bond donors (Lipinski definition) is 1. The van der Waals surface area contributed by atoms with E-state index < -0.39 is 22.4 Å². The van der Waals surface area contributed by atoms with Crippen molar-refractivity contribution in [3.8, 4) is 11.5 Å². The smallest absolute Gasteiger partial charge is 0.325 e. The zero-order valence-electron chi connectivity index (χ0n) is 16.6. The van der Waals surface area contributed by atoms with Gasteiger partial charge in [-0.25, -0.2) is 4.79 Å². The second-order valence-electron chi connectivity index (χ2n) is 7.27. The molecule has 0 aliphatic carbocycles. The van der Waals surface area contributed by atoms with Crippen molar-refractivity contribution in [2.45, 2.75) is 19.0 Å². The van der Waals surface area contributed by atoms with Crippen molar-refractivity contribution in [1.82, 2.24) is 10.2 Å². The molecule has 0 unspecified atom stereocenters. The summed E-state index contributed by atoms with van der Waals surface area (Å²) in [5, 5.41) is 13.6. The Morgan fingerprint density at radius 3 is 2.29 bits per heavy atom. The molecule has 3 amide bonds. The van der Waals surface area contributed by atoms with Gasteiger partial charge in [-0.05, 0) is 42.8 Å². The van der Waals surface area contributed by atoms with Gasteiger partial charge < -0.3 is 10.1 Å². The normalized spacial score (nSPS) is 18.0. The molecule has 0 saturated carbocycles. The number of imide groups is 1. The van der Waals surface area contributed by atoms with Gasteiger partial charge in [-0.3, -0.25) is 19.8 Å². The van der Waals surface area contributed by atoms with E-state index in [1.165, 1.54) is 24.3 Å². The van der Waals surface area contributed by atoms with Gasteiger partial charge >= 0.3 is 6.03 Å². The molecule has 4 rings (SSSR count). The second kappa shape index (κ2) is 7.91. The van der Waals surface area contributed by atoms with E-state index in [0.29, 0.717) is 22.6 Å². The summed E-state index contributed by atoms with van der Waals surface area (Å²) >= 11 is 0. The summed E-state index contributed by atoms with van der Waals surface area (Å²) in [5.74, 6) is 0.738. The van der Waals surface area contributed by atoms with Crippen molar-refractivity contribution in [2.75, 3.05) is 0 Å². The highest BCUT2D eigenvalue weighted by Gasteiger charge is 2.49. The second-order valence-corrected chi connectivity index (χ2v) is 7.27. The predicted octanol–water partition coefficient (Wildman–Crippen LogP) is 4.35. The summed E-state index contributed by atoms with van der Waals surface area (Å²) in [5.41, 5.74) is -0.273. The van der Waals surface area contributed by atoms with E-state index in [1.54, 1.807) is 25.1 Å². The summed E-state index contributed by atoms with van der Waals surface area (Å²) < 4.78 is 5.93. The SMILES string of the molecule is C[C@@]1(c2ccc([N+](=O)[O-])cc2)NC(=O)N(Cc2ccccc2Oc2ccccc2)C1=O. The Morgan fingerprint density at radius 1 is 0.968 bits per heavy atom. The van der Waals surface area contributed by atoms with Crippen molar-refractivity contribution in [2.24, 2.45) is 0 Å². The Kier molecular flexibility index (Phi) is 5.12. The molecule has 3 aromatic carbocycles. The molecular formula is C23H19N3O5. The number of urea groups is 1. The number of carbonyl (C=O) groups is 2. The first-order chi connectivity index (χ1) is 14.9. The third kappa shape index (κ3) is 3.83. The van der Waals surface area contributed by atoms with Crippen LogP contribution in [0.2, 0.25) is 0 Å². The molecule has 1 aliphatic heterocycles. The lowest BCUT2D eigenvalue weighted by atomic mass is 9.92. The van der Waals surface area contributed by atoms with Gasteiger partial charge in [0.2, 0.25) is 0 Å². The molecule has 8 nitrogen and oxygen atoms in total. The van der Waals surface area contributed by atoms with Gasteiger partial charge in [0.15, 0.2) is 0 Å². The molecule has 156 valence electrons. The van der Waals surface area contributed by atoms with Gasteiger partial charge in [0, 0.05) is 17.7 Å². The van der Waals surface area contributed by atoms with Gasteiger partial charge in [0.25, 0.3) is 11.6 Å². The zero-order valence-corrected chi connectivity index (χ0v) is 16.6. The first-order valence-electron chi connectivity index (χ1n) is 9.58. The van der Waals surface area contributed by atoms with Crippen LogP contribution in [-0.4, -0.2) is 21.8 Å². The van der Waals surface area contributed by atoms with E-state index in [0.717, 1.165) is 4.90 Å². The monoisotopic (exact) mass is 417 g/mol. The topological polar surface area (TPSA) is 102 Å². The van der Waals surface area contributed by atoms with Crippen LogP contribution in [0.15, 0.2) is 78.9 Å². The number of benzene rings is 3. The van der Waals surface area contributed by atoms with Gasteiger partial charge in [-0.15, -0.1) is 0 Å². The molecule has 1 fully saturated rings. The fourth-order valence-corrected chi connectivity index (χ4v) is 3.47. The molecule has 31 heavy (non-hydrogen) atoms. The molecule has 8 heteroatoms. The van der Waals surface area contributed by atoms with E-state index >= 15 is 0 Å². The highest BCUT2D eigenvalue weighted by atomic mass is 16.6. The lowest BCUT2D eigenvalue weighted by Crippen LogP contribution is -2.40. The first-order valence-corrected chi connectivity index (χ1v) is 9.58. The summed E-state index contributed by atoms with van der Waals surface area (Å²) in [4.78, 5) is 37.4. The average Bonchev–Trinajstić information content (AvgIpc) is 2.99. The Balaban J connectivity index is 1.58. The Labute approximate surface area is 178 Å². The Hall–Kier alpha value is -4.20. The average molecular weight is 417 g/mol. The number of nitrogens with zero attached hydrogens (tertiary/aromatic N) is 2. The number of nitro groups is 1. The molecule has 1 atom stereocenters. The van der Waals surface area contributed by atoms with Crippen LogP contribution in [0, 0.1) is 10.1 Å². The van der Waals surface area contributed by atoms with Crippen molar-refractivity contribution in [3.05, 3.63) is 100 Å². The molecule has 0 bridgehead atoms. The maximum absolute atomic E-state index is 13.2. The number of hydrogen-bond acceptors (Lipinski definition) is 5. The lowest BCUT2D eigenvalue weighted by Gasteiger charge is -2.22. The number of nitrogens with one attached hydrogen (secondary N) is 1. The molecule has 0 spiro atoms. The number of para-hydroxylation sites is 2. The molecular weight excluding hydrogens is 398 g/mol. The molecule has 3 aromatic rings. The third-order valence-corrected chi connectivity index (χ3v) is 5.20. The number of rotatable bonds is 6. The highest BCUT2D eigenvalue weighted by molar-refractivity contribution is 6.07. The largest absolute Gasteiger partial charge is 0.457 e. The summed E-state index contributed by atoms with van der Waals surface area (Å²) in [7, 11) is 0. The van der Waals surface area contributed by atoms with Crippen LogP contribution in [0.25, 0.3) is 0 Å². The minimum absolute atomic E-state index is 0.0241. The number of nitro benzene ring substituents is 1. The lowest BCUT2D eigenvalue weighted by molar-refractivity contribution is -0.384. The van der Waals surface area contributed by atoms with Gasteiger partial charge in [-0.2, -0.15) is 0 Å². The maximum atomic E-state index is 13.2. The third-order valence-electron chi connectivity index (χ3n) is 5.20. The van der Waals surface area contributed by atoms with Crippen molar-refractivity contribution < 1.29 is 19.2 Å². The van der Waals surface area contributed by atoms with Crippen LogP contribution < -0.4 is 10.1 Å². The van der Waals surface area contributed by atoms with E-state index in [4.69, 9.17) is 4.74 Å². The fourth-order valence-electron chi connectivity index (χ4n) is 3.47. The number of amides is 3. The highest BCUT2D eigenvalue weighted by Crippen LogP contribution is 2.33. The van der Waals surface area contributed by atoms with E-state index in [1.807, 2.05) is 36.4 Å². The van der Waals surface area contributed by atoms with E-state index in [2.05, 4.69) is 5.32 Å². The number of carbonyl (C=O) groups excluding carboxylic acids is 2. The van der Waals surface area contributed by atoms with E-state index in [-0.39, 0.29) is 12.2 Å². The van der Waals surface area contributed by atoms with Gasteiger partial charge in [0.1, 0.15) is 17.0 Å². The summed E-state index contributed by atoms with van der Waals surface area (Å²) in [6.07, 6.45) is 0. The molecule has 1 saturated heterocycles. The van der Waals surface area contributed by atoms with Gasteiger partial charge in [0.05, 0.1) is 11.5 Å². The van der Waals surface area contributed by atoms with Crippen molar-refractivity contribution >= 4 is 17.6 Å². The quantitative estimate of drug-likeness (QED) is 0.365. The number of ether oxygens (including phenoxy) is 1. The zero-order chi connectivity index (χ0) is 22.0. The summed E-state index contributed by atoms with van der Waals surface area (Å²) in [6, 6.07) is 21.4. The fraction of sp³-hybridized carbons (Fsp3) is 0.130. The molecule has 1 aliphatic rings. The molecule has 0 aromatic heterocycles. The predicted molar refractivity (Wildman–Crippen MR) is 112 cm³/mol. The number of non-ortho nitro benzene ring substituents is 1. The van der Waals surface area contributed by atoms with Crippen LogP contribution in [0.4, 0.5) is 10.5 Å². The van der Waals surface area contributed by atoms with Crippen molar-refractivity contribution in [3.63, 3.8) is 0 Å². The van der Waals surface area contributed by atoms with Crippen molar-refractivity contribution in [1.29, 1.82) is 0 Å². The van der Waals surface area contributed by atoms with Crippen LogP contribution in [0.3, 0.4) is 0 Å². The standard InChI is InChI=1S/C23H19N3O5/c1-23(17-11-13-18(14-12-17)26(29)30)21(27)25(22(28)24-23)15-16-7-5-6-10-20(16)31-19-8-3-2-4-9-19/h2-14H,15H2,1H3,(H,24,28)/t23-/m0/s1. The summed E-state index contributed by atoms with van der Waals surface area (Å²) in [6.45, 7) is 1.61. The molecule has 1 heterocycles. The van der Waals surface area contributed by atoms with Crippen LogP contribution in [0.1, 0.15) is 18.1 Å². The molecule has 1 N–H and O–H groups in total. The van der Waals surface area contributed by atoms with Crippen LogP contribution in [-0.2, 0) is 16.9 Å². The van der Waals surface area contributed by atoms with Crippen LogP contribution in [0.5, 0.6) is 11.5 Å². The minimum atomic E-state index is -1.32. The van der Waals surface area contributed by atoms with E-state index in [9.17, 15) is 19.7 Å². The Morgan fingerprint density at radius 2 is 1.61 bits per heavy atom. The van der Waals surface area contributed by atoms with Crippen LogP contribution >= 0.6 is 0 Å². The van der Waals surface area contributed by atoms with Gasteiger partial charge in [-0.1, -0.05) is 36.4 Å². The molecule has 0 radical (unpaired) electrons. The maximum Gasteiger partial charge on any atom is 0.325 e. The Bertz CT molecular complexity index is 1150. The minimum Gasteiger partial charge on any atom is -0.457 e.